The molecule has 0 aliphatic heterocycles. The van der Waals surface area contributed by atoms with Gasteiger partial charge in [0, 0.05) is 18.3 Å². The molecule has 0 saturated heterocycles. The van der Waals surface area contributed by atoms with E-state index in [0.29, 0.717) is 12.2 Å². The minimum Gasteiger partial charge on any atom is -0.399 e. The Morgan fingerprint density at radius 3 is 2.55 bits per heavy atom. The van der Waals surface area contributed by atoms with E-state index in [1.807, 2.05) is 19.1 Å². The van der Waals surface area contributed by atoms with Gasteiger partial charge in [-0.3, -0.25) is 9.59 Å². The Morgan fingerprint density at radius 1 is 1.30 bits per heavy atom. The van der Waals surface area contributed by atoms with Gasteiger partial charge in [-0.15, -0.1) is 0 Å². The van der Waals surface area contributed by atoms with E-state index >= 15 is 0 Å². The van der Waals surface area contributed by atoms with Crippen LogP contribution in [0.15, 0.2) is 30.3 Å². The van der Waals surface area contributed by atoms with Gasteiger partial charge in [0.25, 0.3) is 0 Å². The zero-order valence-corrected chi connectivity index (χ0v) is 11.8. The van der Waals surface area contributed by atoms with Crippen molar-refractivity contribution in [2.75, 3.05) is 12.3 Å². The molecule has 4 N–H and O–H groups in total. The molecule has 0 heterocycles. The van der Waals surface area contributed by atoms with E-state index in [1.165, 1.54) is 6.08 Å². The van der Waals surface area contributed by atoms with Gasteiger partial charge in [0.2, 0.25) is 11.8 Å². The lowest BCUT2D eigenvalue weighted by molar-refractivity contribution is -0.126. The topological polar surface area (TPSA) is 84.2 Å². The Hall–Kier alpha value is -2.30. The van der Waals surface area contributed by atoms with Crippen LogP contribution in [0, 0.1) is 0 Å². The standard InChI is InChI=1S/C15H21N3O2/c1-3-10-17-15(20)11(2)18-14(19)9-6-12-4-7-13(16)8-5-12/h4-9,11H,3,10,16H2,1-2H3,(H,17,20)(H,18,19)/b9-6+. The summed E-state index contributed by atoms with van der Waals surface area (Å²) in [6.07, 6.45) is 3.93. The Morgan fingerprint density at radius 2 is 1.95 bits per heavy atom. The van der Waals surface area contributed by atoms with Crippen LogP contribution in [-0.2, 0) is 9.59 Å². The van der Waals surface area contributed by atoms with E-state index in [2.05, 4.69) is 10.6 Å². The molecule has 1 unspecified atom stereocenters. The second-order valence-electron chi connectivity index (χ2n) is 4.52. The molecular formula is C15H21N3O2. The molecular weight excluding hydrogens is 254 g/mol. The fourth-order valence-electron chi connectivity index (χ4n) is 1.51. The van der Waals surface area contributed by atoms with E-state index < -0.39 is 6.04 Å². The van der Waals surface area contributed by atoms with Gasteiger partial charge in [0.15, 0.2) is 0 Å². The predicted molar refractivity (Wildman–Crippen MR) is 80.8 cm³/mol. The highest BCUT2D eigenvalue weighted by molar-refractivity contribution is 5.95. The zero-order valence-electron chi connectivity index (χ0n) is 11.8. The third kappa shape index (κ3) is 5.56. The molecule has 0 aliphatic carbocycles. The van der Waals surface area contributed by atoms with E-state index in [9.17, 15) is 9.59 Å². The van der Waals surface area contributed by atoms with Gasteiger partial charge >= 0.3 is 0 Å². The number of nitrogen functional groups attached to an aromatic ring is 1. The maximum absolute atomic E-state index is 11.7. The smallest absolute Gasteiger partial charge is 0.244 e. The van der Waals surface area contributed by atoms with Crippen LogP contribution < -0.4 is 16.4 Å². The summed E-state index contributed by atoms with van der Waals surface area (Å²) in [5.41, 5.74) is 7.12. The molecule has 0 spiro atoms. The van der Waals surface area contributed by atoms with Gasteiger partial charge in [0.05, 0.1) is 0 Å². The van der Waals surface area contributed by atoms with Crippen molar-refractivity contribution in [3.05, 3.63) is 35.9 Å². The minimum absolute atomic E-state index is 0.180. The molecule has 1 rings (SSSR count). The van der Waals surface area contributed by atoms with Crippen LogP contribution in [0.3, 0.4) is 0 Å². The maximum Gasteiger partial charge on any atom is 0.244 e. The largest absolute Gasteiger partial charge is 0.399 e. The van der Waals surface area contributed by atoms with Crippen LogP contribution in [0.1, 0.15) is 25.8 Å². The first kappa shape index (κ1) is 15.8. The van der Waals surface area contributed by atoms with E-state index in [0.717, 1.165) is 12.0 Å². The summed E-state index contributed by atoms with van der Waals surface area (Å²) in [7, 11) is 0. The van der Waals surface area contributed by atoms with Crippen molar-refractivity contribution < 1.29 is 9.59 Å². The summed E-state index contributed by atoms with van der Waals surface area (Å²) in [5.74, 6) is -0.484. The number of nitrogens with two attached hydrogens (primary N) is 1. The van der Waals surface area contributed by atoms with E-state index in [1.54, 1.807) is 25.1 Å². The number of benzene rings is 1. The van der Waals surface area contributed by atoms with Gasteiger partial charge in [0.1, 0.15) is 6.04 Å². The molecule has 0 aliphatic rings. The Kier molecular flexibility index (Phi) is 6.29. The van der Waals surface area contributed by atoms with E-state index in [-0.39, 0.29) is 11.8 Å². The number of carbonyl (C=O) groups is 2. The highest BCUT2D eigenvalue weighted by Crippen LogP contribution is 2.06. The first-order chi connectivity index (χ1) is 9.52. The molecule has 1 aromatic rings. The number of carbonyl (C=O) groups excluding carboxylic acids is 2. The molecule has 0 saturated carbocycles. The first-order valence-corrected chi connectivity index (χ1v) is 6.64. The molecule has 1 atom stereocenters. The highest BCUT2D eigenvalue weighted by Gasteiger charge is 2.12. The third-order valence-electron chi connectivity index (χ3n) is 2.66. The number of nitrogens with one attached hydrogen (secondary N) is 2. The maximum atomic E-state index is 11.7. The monoisotopic (exact) mass is 275 g/mol. The van der Waals surface area contributed by atoms with Gasteiger partial charge in [-0.25, -0.2) is 0 Å². The fraction of sp³-hybridized carbons (Fsp3) is 0.333. The van der Waals surface area contributed by atoms with Crippen LogP contribution in [0.25, 0.3) is 6.08 Å². The van der Waals surface area contributed by atoms with Crippen molar-refractivity contribution in [3.63, 3.8) is 0 Å². The molecule has 5 heteroatoms. The lowest BCUT2D eigenvalue weighted by Gasteiger charge is -2.12. The second kappa shape index (κ2) is 7.99. The molecule has 108 valence electrons. The highest BCUT2D eigenvalue weighted by atomic mass is 16.2. The molecule has 1 aromatic carbocycles. The van der Waals surface area contributed by atoms with Crippen LogP contribution in [0.2, 0.25) is 0 Å². The average molecular weight is 275 g/mol. The summed E-state index contributed by atoms with van der Waals surface area (Å²) in [5, 5.41) is 5.33. The molecule has 0 aromatic heterocycles. The van der Waals surface area contributed by atoms with Crippen molar-refractivity contribution in [2.24, 2.45) is 0 Å². The predicted octanol–water partition coefficient (Wildman–Crippen LogP) is 1.31. The van der Waals surface area contributed by atoms with Gasteiger partial charge in [-0.05, 0) is 37.1 Å². The third-order valence-corrected chi connectivity index (χ3v) is 2.66. The second-order valence-corrected chi connectivity index (χ2v) is 4.52. The van der Waals surface area contributed by atoms with Crippen molar-refractivity contribution in [1.82, 2.24) is 10.6 Å². The summed E-state index contributed by atoms with van der Waals surface area (Å²) < 4.78 is 0. The van der Waals surface area contributed by atoms with Gasteiger partial charge in [-0.1, -0.05) is 19.1 Å². The Bertz CT molecular complexity index is 480. The number of hydrogen-bond donors (Lipinski definition) is 3. The summed E-state index contributed by atoms with van der Waals surface area (Å²) >= 11 is 0. The molecule has 0 radical (unpaired) electrons. The number of amides is 2. The quantitative estimate of drug-likeness (QED) is 0.540. The van der Waals surface area contributed by atoms with Crippen LogP contribution in [-0.4, -0.2) is 24.4 Å². The summed E-state index contributed by atoms with van der Waals surface area (Å²) in [6, 6.07) is 6.61. The van der Waals surface area contributed by atoms with Gasteiger partial charge < -0.3 is 16.4 Å². The average Bonchev–Trinajstić information content (AvgIpc) is 2.44. The number of anilines is 1. The normalized spacial score (nSPS) is 12.1. The number of hydrogen-bond acceptors (Lipinski definition) is 3. The lowest BCUT2D eigenvalue weighted by atomic mass is 10.2. The summed E-state index contributed by atoms with van der Waals surface area (Å²) in [4.78, 5) is 23.3. The molecule has 0 fully saturated rings. The zero-order chi connectivity index (χ0) is 15.0. The van der Waals surface area contributed by atoms with Crippen LogP contribution >= 0.6 is 0 Å². The molecule has 0 bridgehead atoms. The lowest BCUT2D eigenvalue weighted by Crippen LogP contribution is -2.44. The van der Waals surface area contributed by atoms with E-state index in [4.69, 9.17) is 5.73 Å². The SMILES string of the molecule is CCCNC(=O)C(C)NC(=O)/C=C/c1ccc(N)cc1. The Labute approximate surface area is 119 Å². The molecule has 2 amide bonds. The van der Waals surface area contributed by atoms with Crippen LogP contribution in [0.4, 0.5) is 5.69 Å². The van der Waals surface area contributed by atoms with Crippen molar-refractivity contribution in [1.29, 1.82) is 0 Å². The minimum atomic E-state index is -0.551. The first-order valence-electron chi connectivity index (χ1n) is 6.64. The van der Waals surface area contributed by atoms with Crippen molar-refractivity contribution >= 4 is 23.6 Å². The fourth-order valence-corrected chi connectivity index (χ4v) is 1.51. The van der Waals surface area contributed by atoms with Gasteiger partial charge in [-0.2, -0.15) is 0 Å². The Balaban J connectivity index is 2.46. The molecule has 5 nitrogen and oxygen atoms in total. The van der Waals surface area contributed by atoms with Crippen LogP contribution in [0.5, 0.6) is 0 Å². The summed E-state index contributed by atoms with van der Waals surface area (Å²) in [6.45, 7) is 4.24. The molecule has 20 heavy (non-hydrogen) atoms. The number of rotatable bonds is 6. The van der Waals surface area contributed by atoms with Crippen molar-refractivity contribution in [2.45, 2.75) is 26.3 Å². The van der Waals surface area contributed by atoms with Crippen molar-refractivity contribution in [3.8, 4) is 0 Å².